The van der Waals surface area contributed by atoms with E-state index in [1.165, 1.54) is 0 Å². The molecule has 2 N–H and O–H groups in total. The second-order valence-electron chi connectivity index (χ2n) is 5.12. The summed E-state index contributed by atoms with van der Waals surface area (Å²) in [6.07, 6.45) is 0.746. The van der Waals surface area contributed by atoms with E-state index in [4.69, 9.17) is 5.73 Å². The number of Topliss-reactive ketones (excluding diaryl/α,β-unsaturated/α-hetero) is 1. The number of ketones is 1. The van der Waals surface area contributed by atoms with Crippen LogP contribution in [-0.2, 0) is 4.79 Å². The molecule has 0 aromatic carbocycles. The Balaban J connectivity index is 4.96. The Bertz CT molecular complexity index is 256. The quantitative estimate of drug-likeness (QED) is 0.562. The average molecular weight is 212 g/mol. The lowest BCUT2D eigenvalue weighted by atomic mass is 9.88. The molecule has 0 saturated carbocycles. The van der Waals surface area contributed by atoms with Gasteiger partial charge in [-0.1, -0.05) is 27.7 Å². The van der Waals surface area contributed by atoms with E-state index in [-0.39, 0.29) is 11.7 Å². The topological polar surface area (TPSA) is 55.5 Å². The fraction of sp³-hybridized carbons (Fsp3) is 0.833. The second-order valence-corrected chi connectivity index (χ2v) is 5.12. The lowest BCUT2D eigenvalue weighted by molar-refractivity contribution is -0.121. The third-order valence-corrected chi connectivity index (χ3v) is 2.53. The number of carbonyl (C=O) groups excluding carboxylic acids is 1. The maximum Gasteiger partial charge on any atom is 0.157 e. The van der Waals surface area contributed by atoms with Gasteiger partial charge in [0.25, 0.3) is 0 Å². The number of aliphatic imine (C=N–C) groups is 1. The van der Waals surface area contributed by atoms with E-state index in [0.717, 1.165) is 6.42 Å². The molecule has 0 radical (unpaired) electrons. The molecule has 0 fully saturated rings. The lowest BCUT2D eigenvalue weighted by Crippen LogP contribution is -2.36. The van der Waals surface area contributed by atoms with Crippen molar-refractivity contribution in [2.45, 2.75) is 53.5 Å². The van der Waals surface area contributed by atoms with Crippen molar-refractivity contribution < 1.29 is 4.79 Å². The highest BCUT2D eigenvalue weighted by atomic mass is 16.1. The molecule has 0 aliphatic rings. The fourth-order valence-electron chi connectivity index (χ4n) is 1.48. The number of nitrogens with zero attached hydrogens (tertiary/aromatic N) is 1. The Morgan fingerprint density at radius 3 is 2.07 bits per heavy atom. The third kappa shape index (κ3) is 4.45. The van der Waals surface area contributed by atoms with E-state index in [1.54, 1.807) is 6.92 Å². The largest absolute Gasteiger partial charge is 0.387 e. The summed E-state index contributed by atoms with van der Waals surface area (Å²) < 4.78 is 0. The molecule has 0 aromatic rings. The van der Waals surface area contributed by atoms with E-state index >= 15 is 0 Å². The van der Waals surface area contributed by atoms with E-state index in [2.05, 4.69) is 18.8 Å². The van der Waals surface area contributed by atoms with Crippen LogP contribution in [0.3, 0.4) is 0 Å². The zero-order valence-electron chi connectivity index (χ0n) is 10.8. The van der Waals surface area contributed by atoms with Gasteiger partial charge in [0, 0.05) is 5.92 Å². The van der Waals surface area contributed by atoms with E-state index < -0.39 is 5.54 Å². The van der Waals surface area contributed by atoms with Crippen LogP contribution in [0.2, 0.25) is 0 Å². The van der Waals surface area contributed by atoms with Gasteiger partial charge >= 0.3 is 0 Å². The Kier molecular flexibility index (Phi) is 4.98. The van der Waals surface area contributed by atoms with Gasteiger partial charge < -0.3 is 5.73 Å². The van der Waals surface area contributed by atoms with Gasteiger partial charge in [-0.2, -0.15) is 0 Å². The summed E-state index contributed by atoms with van der Waals surface area (Å²) in [5.41, 5.74) is 5.16. The molecule has 0 spiro atoms. The molecule has 0 amide bonds. The van der Waals surface area contributed by atoms with Crippen molar-refractivity contribution in [3.8, 4) is 0 Å². The Labute approximate surface area is 93.2 Å². The second kappa shape index (κ2) is 5.29. The summed E-state index contributed by atoms with van der Waals surface area (Å²) in [4.78, 5) is 16.0. The predicted octanol–water partition coefficient (Wildman–Crippen LogP) is 2.39. The number of amidine groups is 1. The standard InChI is InChI=1S/C12H24N2O/c1-8(2)7-12(6,10(5)15)14-11(13)9(3)4/h8-9H,7H2,1-6H3,(H2,13,14). The van der Waals surface area contributed by atoms with Crippen molar-refractivity contribution in [2.75, 3.05) is 0 Å². The van der Waals surface area contributed by atoms with Crippen molar-refractivity contribution in [3.05, 3.63) is 0 Å². The molecule has 3 heteroatoms. The first-order valence-electron chi connectivity index (χ1n) is 5.55. The number of carbonyl (C=O) groups is 1. The van der Waals surface area contributed by atoms with Crippen LogP contribution in [0.5, 0.6) is 0 Å². The van der Waals surface area contributed by atoms with Gasteiger partial charge in [0.05, 0.1) is 5.84 Å². The smallest absolute Gasteiger partial charge is 0.157 e. The molecule has 0 heterocycles. The Morgan fingerprint density at radius 2 is 1.80 bits per heavy atom. The maximum absolute atomic E-state index is 11.6. The summed E-state index contributed by atoms with van der Waals surface area (Å²) in [5, 5.41) is 0. The number of nitrogens with two attached hydrogens (primary N) is 1. The third-order valence-electron chi connectivity index (χ3n) is 2.53. The fourth-order valence-corrected chi connectivity index (χ4v) is 1.48. The summed E-state index contributed by atoms with van der Waals surface area (Å²) in [5.74, 6) is 1.27. The molecular formula is C12H24N2O. The molecule has 0 aliphatic carbocycles. The van der Waals surface area contributed by atoms with Crippen molar-refractivity contribution >= 4 is 11.6 Å². The molecule has 3 nitrogen and oxygen atoms in total. The highest BCUT2D eigenvalue weighted by Gasteiger charge is 2.30. The van der Waals surface area contributed by atoms with Crippen LogP contribution in [0.15, 0.2) is 4.99 Å². The predicted molar refractivity (Wildman–Crippen MR) is 65.0 cm³/mol. The number of rotatable bonds is 5. The highest BCUT2D eigenvalue weighted by molar-refractivity contribution is 5.91. The lowest BCUT2D eigenvalue weighted by Gasteiger charge is -2.25. The molecule has 1 unspecified atom stereocenters. The van der Waals surface area contributed by atoms with Gasteiger partial charge in [0.1, 0.15) is 5.54 Å². The van der Waals surface area contributed by atoms with Gasteiger partial charge in [-0.05, 0) is 26.2 Å². The SMILES string of the molecule is CC(=O)C(C)(CC(C)C)N=C(N)C(C)C. The molecule has 0 aliphatic heterocycles. The van der Waals surface area contributed by atoms with Crippen LogP contribution in [0.4, 0.5) is 0 Å². The molecule has 88 valence electrons. The monoisotopic (exact) mass is 212 g/mol. The number of hydrogen-bond donors (Lipinski definition) is 1. The van der Waals surface area contributed by atoms with Crippen molar-refractivity contribution in [1.82, 2.24) is 0 Å². The first-order chi connectivity index (χ1) is 6.69. The minimum atomic E-state index is -0.650. The molecular weight excluding hydrogens is 188 g/mol. The van der Waals surface area contributed by atoms with Gasteiger partial charge in [0.15, 0.2) is 5.78 Å². The van der Waals surface area contributed by atoms with E-state index in [9.17, 15) is 4.79 Å². The summed E-state index contributed by atoms with van der Waals surface area (Å²) >= 11 is 0. The van der Waals surface area contributed by atoms with Crippen LogP contribution in [0.1, 0.15) is 48.0 Å². The Morgan fingerprint density at radius 1 is 1.33 bits per heavy atom. The van der Waals surface area contributed by atoms with Crippen LogP contribution in [-0.4, -0.2) is 17.2 Å². The van der Waals surface area contributed by atoms with Crippen LogP contribution in [0, 0.1) is 11.8 Å². The van der Waals surface area contributed by atoms with Gasteiger partial charge in [-0.15, -0.1) is 0 Å². The molecule has 0 rings (SSSR count). The molecule has 15 heavy (non-hydrogen) atoms. The summed E-state index contributed by atoms with van der Waals surface area (Å²) in [6, 6.07) is 0. The maximum atomic E-state index is 11.6. The average Bonchev–Trinajstić information content (AvgIpc) is 2.01. The van der Waals surface area contributed by atoms with Crippen LogP contribution < -0.4 is 5.73 Å². The zero-order valence-corrected chi connectivity index (χ0v) is 10.8. The zero-order chi connectivity index (χ0) is 12.2. The van der Waals surface area contributed by atoms with Gasteiger partial charge in [-0.3, -0.25) is 9.79 Å². The van der Waals surface area contributed by atoms with E-state index in [0.29, 0.717) is 11.8 Å². The van der Waals surface area contributed by atoms with Crippen molar-refractivity contribution in [2.24, 2.45) is 22.6 Å². The van der Waals surface area contributed by atoms with Crippen molar-refractivity contribution in [3.63, 3.8) is 0 Å². The van der Waals surface area contributed by atoms with Gasteiger partial charge in [0.2, 0.25) is 0 Å². The van der Waals surface area contributed by atoms with Gasteiger partial charge in [-0.25, -0.2) is 0 Å². The first kappa shape index (κ1) is 14.1. The highest BCUT2D eigenvalue weighted by Crippen LogP contribution is 2.22. The minimum Gasteiger partial charge on any atom is -0.387 e. The minimum absolute atomic E-state index is 0.0831. The molecule has 0 aromatic heterocycles. The number of hydrogen-bond acceptors (Lipinski definition) is 2. The molecule has 1 atom stereocenters. The normalized spacial score (nSPS) is 16.9. The summed E-state index contributed by atoms with van der Waals surface area (Å²) in [7, 11) is 0. The first-order valence-corrected chi connectivity index (χ1v) is 5.55. The summed E-state index contributed by atoms with van der Waals surface area (Å²) in [6.45, 7) is 11.6. The van der Waals surface area contributed by atoms with Crippen molar-refractivity contribution in [1.29, 1.82) is 0 Å². The van der Waals surface area contributed by atoms with Crippen LogP contribution in [0.25, 0.3) is 0 Å². The van der Waals surface area contributed by atoms with Crippen LogP contribution >= 0.6 is 0 Å². The van der Waals surface area contributed by atoms with E-state index in [1.807, 2.05) is 20.8 Å². The Hall–Kier alpha value is -0.860. The molecule has 0 saturated heterocycles. The molecule has 0 bridgehead atoms.